The van der Waals surface area contributed by atoms with Crippen LogP contribution in [-0.2, 0) is 12.8 Å². The summed E-state index contributed by atoms with van der Waals surface area (Å²) in [6.45, 7) is 2.29. The van der Waals surface area contributed by atoms with Gasteiger partial charge in [0.1, 0.15) is 0 Å². The van der Waals surface area contributed by atoms with Gasteiger partial charge in [-0.15, -0.1) is 0 Å². The summed E-state index contributed by atoms with van der Waals surface area (Å²) in [7, 11) is 4.30. The maximum absolute atomic E-state index is 4.46. The standard InChI is InChI=1S/C19H23N3/c1-14(22(2)3)10-16-11-15-6-4-5-7-18(15)19(16)12-17-13-20-8-9-21-17/h4-9,13-14H,10-12H2,1-3H3. The Morgan fingerprint density at radius 3 is 2.73 bits per heavy atom. The van der Waals surface area contributed by atoms with E-state index in [2.05, 4.69) is 60.2 Å². The second-order valence-corrected chi connectivity index (χ2v) is 6.31. The molecule has 1 aromatic heterocycles. The van der Waals surface area contributed by atoms with Gasteiger partial charge < -0.3 is 4.90 Å². The number of benzene rings is 1. The average Bonchev–Trinajstić information content (AvgIpc) is 2.86. The molecule has 1 unspecified atom stereocenters. The lowest BCUT2D eigenvalue weighted by Crippen LogP contribution is -2.25. The van der Waals surface area contributed by atoms with Gasteiger partial charge in [0.25, 0.3) is 0 Å². The highest BCUT2D eigenvalue weighted by molar-refractivity contribution is 5.77. The Labute approximate surface area is 132 Å². The van der Waals surface area contributed by atoms with Crippen LogP contribution in [0.2, 0.25) is 0 Å². The Balaban J connectivity index is 1.93. The molecule has 1 aromatic carbocycles. The molecule has 0 fully saturated rings. The summed E-state index contributed by atoms with van der Waals surface area (Å²) < 4.78 is 0. The minimum atomic E-state index is 0.543. The smallest absolute Gasteiger partial charge is 0.0630 e. The van der Waals surface area contributed by atoms with Gasteiger partial charge in [-0.1, -0.05) is 29.8 Å². The highest BCUT2D eigenvalue weighted by atomic mass is 15.1. The number of nitrogens with zero attached hydrogens (tertiary/aromatic N) is 3. The van der Waals surface area contributed by atoms with Crippen LogP contribution < -0.4 is 0 Å². The molecule has 22 heavy (non-hydrogen) atoms. The van der Waals surface area contributed by atoms with E-state index in [0.717, 1.165) is 25.0 Å². The predicted octanol–water partition coefficient (Wildman–Crippen LogP) is 3.37. The van der Waals surface area contributed by atoms with Gasteiger partial charge in [0.05, 0.1) is 5.69 Å². The molecule has 0 saturated heterocycles. The van der Waals surface area contributed by atoms with Crippen molar-refractivity contribution in [1.82, 2.24) is 14.9 Å². The summed E-state index contributed by atoms with van der Waals surface area (Å²) >= 11 is 0. The molecule has 0 spiro atoms. The number of rotatable bonds is 5. The molecule has 2 aromatic rings. The lowest BCUT2D eigenvalue weighted by atomic mass is 9.97. The molecule has 1 heterocycles. The van der Waals surface area contributed by atoms with Crippen LogP contribution in [0.1, 0.15) is 30.2 Å². The van der Waals surface area contributed by atoms with Crippen molar-refractivity contribution in [2.75, 3.05) is 14.1 Å². The Morgan fingerprint density at radius 2 is 2.00 bits per heavy atom. The first-order valence-electron chi connectivity index (χ1n) is 7.85. The van der Waals surface area contributed by atoms with Gasteiger partial charge in [-0.05, 0) is 50.6 Å². The third kappa shape index (κ3) is 3.09. The monoisotopic (exact) mass is 293 g/mol. The second-order valence-electron chi connectivity index (χ2n) is 6.31. The fraction of sp³-hybridized carbons (Fsp3) is 0.368. The molecule has 0 aliphatic heterocycles. The van der Waals surface area contributed by atoms with E-state index in [9.17, 15) is 0 Å². The van der Waals surface area contributed by atoms with Crippen LogP contribution in [0, 0.1) is 0 Å². The highest BCUT2D eigenvalue weighted by Gasteiger charge is 2.23. The molecule has 3 rings (SSSR count). The Hall–Kier alpha value is -2.00. The van der Waals surface area contributed by atoms with Crippen molar-refractivity contribution in [3.63, 3.8) is 0 Å². The summed E-state index contributed by atoms with van der Waals surface area (Å²) in [5.41, 5.74) is 6.89. The van der Waals surface area contributed by atoms with E-state index in [1.165, 1.54) is 16.7 Å². The molecule has 0 bridgehead atoms. The van der Waals surface area contributed by atoms with Crippen LogP contribution in [-0.4, -0.2) is 35.0 Å². The number of hydrogen-bond donors (Lipinski definition) is 0. The van der Waals surface area contributed by atoms with E-state index in [0.29, 0.717) is 6.04 Å². The zero-order valence-corrected chi connectivity index (χ0v) is 13.6. The first kappa shape index (κ1) is 14.9. The van der Waals surface area contributed by atoms with Gasteiger partial charge in [-0.2, -0.15) is 0 Å². The fourth-order valence-corrected chi connectivity index (χ4v) is 3.05. The van der Waals surface area contributed by atoms with Crippen LogP contribution in [0.4, 0.5) is 0 Å². The topological polar surface area (TPSA) is 29.0 Å². The van der Waals surface area contributed by atoms with E-state index in [1.54, 1.807) is 18.0 Å². The van der Waals surface area contributed by atoms with E-state index in [4.69, 9.17) is 0 Å². The first-order valence-corrected chi connectivity index (χ1v) is 7.85. The molecule has 0 N–H and O–H groups in total. The van der Waals surface area contributed by atoms with Crippen molar-refractivity contribution in [3.05, 3.63) is 65.2 Å². The molecule has 1 atom stereocenters. The van der Waals surface area contributed by atoms with Crippen molar-refractivity contribution < 1.29 is 0 Å². The summed E-state index contributed by atoms with van der Waals surface area (Å²) in [6, 6.07) is 9.31. The third-order valence-electron chi connectivity index (χ3n) is 4.57. The Morgan fingerprint density at radius 1 is 1.18 bits per heavy atom. The average molecular weight is 293 g/mol. The van der Waals surface area contributed by atoms with E-state index < -0.39 is 0 Å². The van der Waals surface area contributed by atoms with Crippen LogP contribution in [0.3, 0.4) is 0 Å². The molecule has 114 valence electrons. The van der Waals surface area contributed by atoms with Crippen molar-refractivity contribution >= 4 is 5.57 Å². The van der Waals surface area contributed by atoms with E-state index in [-0.39, 0.29) is 0 Å². The third-order valence-corrected chi connectivity index (χ3v) is 4.57. The largest absolute Gasteiger partial charge is 0.306 e. The molecule has 0 saturated carbocycles. The highest BCUT2D eigenvalue weighted by Crippen LogP contribution is 2.37. The van der Waals surface area contributed by atoms with Gasteiger partial charge in [0, 0.05) is 31.1 Å². The van der Waals surface area contributed by atoms with E-state index >= 15 is 0 Å². The zero-order valence-electron chi connectivity index (χ0n) is 13.6. The molecule has 1 aliphatic carbocycles. The molecule has 0 amide bonds. The maximum Gasteiger partial charge on any atom is 0.0630 e. The summed E-state index contributed by atoms with van der Waals surface area (Å²) in [4.78, 5) is 10.9. The molecular weight excluding hydrogens is 270 g/mol. The van der Waals surface area contributed by atoms with Crippen LogP contribution in [0.15, 0.2) is 48.4 Å². The van der Waals surface area contributed by atoms with Crippen LogP contribution >= 0.6 is 0 Å². The molecular formula is C19H23N3. The lowest BCUT2D eigenvalue weighted by molar-refractivity contribution is 0.311. The normalized spacial score (nSPS) is 15.3. The molecule has 3 nitrogen and oxygen atoms in total. The summed E-state index contributed by atoms with van der Waals surface area (Å²) in [5.74, 6) is 0. The van der Waals surface area contributed by atoms with Crippen LogP contribution in [0.25, 0.3) is 5.57 Å². The van der Waals surface area contributed by atoms with Crippen LogP contribution in [0.5, 0.6) is 0 Å². The van der Waals surface area contributed by atoms with Crippen molar-refractivity contribution in [2.45, 2.75) is 32.2 Å². The number of aromatic nitrogens is 2. The minimum absolute atomic E-state index is 0.543. The predicted molar refractivity (Wildman–Crippen MR) is 90.6 cm³/mol. The van der Waals surface area contributed by atoms with Crippen molar-refractivity contribution in [3.8, 4) is 0 Å². The molecule has 0 radical (unpaired) electrons. The van der Waals surface area contributed by atoms with Crippen molar-refractivity contribution in [1.29, 1.82) is 0 Å². The summed E-state index contributed by atoms with van der Waals surface area (Å²) in [5, 5.41) is 0. The van der Waals surface area contributed by atoms with Gasteiger partial charge >= 0.3 is 0 Å². The number of fused-ring (bicyclic) bond motifs is 1. The molecule has 3 heteroatoms. The minimum Gasteiger partial charge on any atom is -0.306 e. The zero-order chi connectivity index (χ0) is 15.5. The number of allylic oxidation sites excluding steroid dienone is 1. The van der Waals surface area contributed by atoms with E-state index in [1.807, 2.05) is 6.20 Å². The molecule has 1 aliphatic rings. The lowest BCUT2D eigenvalue weighted by Gasteiger charge is -2.21. The SMILES string of the molecule is CC(CC1=C(Cc2cnccn2)c2ccccc2C1)N(C)C. The van der Waals surface area contributed by atoms with Crippen molar-refractivity contribution in [2.24, 2.45) is 0 Å². The van der Waals surface area contributed by atoms with Gasteiger partial charge in [0.2, 0.25) is 0 Å². The quantitative estimate of drug-likeness (QED) is 0.846. The Bertz CT molecular complexity index is 674. The summed E-state index contributed by atoms with van der Waals surface area (Å²) in [6.07, 6.45) is 8.44. The van der Waals surface area contributed by atoms with Gasteiger partial charge in [-0.3, -0.25) is 9.97 Å². The maximum atomic E-state index is 4.46. The van der Waals surface area contributed by atoms with Gasteiger partial charge in [-0.25, -0.2) is 0 Å². The second kappa shape index (κ2) is 6.41. The number of hydrogen-bond acceptors (Lipinski definition) is 3. The Kier molecular flexibility index (Phi) is 4.34. The first-order chi connectivity index (χ1) is 10.6. The fourth-order valence-electron chi connectivity index (χ4n) is 3.05. The van der Waals surface area contributed by atoms with Gasteiger partial charge in [0.15, 0.2) is 0 Å².